The van der Waals surface area contributed by atoms with Crippen LogP contribution >= 0.6 is 0 Å². The quantitative estimate of drug-likeness (QED) is 0.599. The van der Waals surface area contributed by atoms with E-state index < -0.39 is 4.92 Å². The average Bonchev–Trinajstić information content (AvgIpc) is 2.36. The van der Waals surface area contributed by atoms with Gasteiger partial charge in [-0.2, -0.15) is 0 Å². The van der Waals surface area contributed by atoms with Gasteiger partial charge in [-0.15, -0.1) is 0 Å². The zero-order chi connectivity index (χ0) is 14.3. The summed E-state index contributed by atoms with van der Waals surface area (Å²) in [7, 11) is 1.84. The lowest BCUT2D eigenvalue weighted by Gasteiger charge is -2.16. The van der Waals surface area contributed by atoms with Gasteiger partial charge in [0.15, 0.2) is 0 Å². The van der Waals surface area contributed by atoms with Crippen LogP contribution in [0.5, 0.6) is 0 Å². The molecule has 0 aliphatic rings. The first kappa shape index (κ1) is 15.1. The molecule has 6 nitrogen and oxygen atoms in total. The number of carbonyl (C=O) groups excluding carboxylic acids is 1. The lowest BCUT2D eigenvalue weighted by Crippen LogP contribution is -2.35. The zero-order valence-corrected chi connectivity index (χ0v) is 11.3. The highest BCUT2D eigenvalue weighted by Crippen LogP contribution is 2.12. The number of nitrogens with zero attached hydrogens (tertiary/aromatic N) is 2. The minimum Gasteiger partial charge on any atom is -0.355 e. The summed E-state index contributed by atoms with van der Waals surface area (Å²) in [6.07, 6.45) is 0.914. The van der Waals surface area contributed by atoms with Crippen LogP contribution < -0.4 is 5.32 Å². The van der Waals surface area contributed by atoms with Crippen molar-refractivity contribution in [3.63, 3.8) is 0 Å². The summed E-state index contributed by atoms with van der Waals surface area (Å²) in [6, 6.07) is 6.36. The van der Waals surface area contributed by atoms with Gasteiger partial charge in [-0.05, 0) is 19.0 Å². The fraction of sp³-hybridized carbons (Fsp3) is 0.462. The number of nitrogens with one attached hydrogen (secondary N) is 1. The van der Waals surface area contributed by atoms with Gasteiger partial charge in [0, 0.05) is 25.2 Å². The van der Waals surface area contributed by atoms with Crippen molar-refractivity contribution in [2.75, 3.05) is 20.1 Å². The number of amides is 1. The Balaban J connectivity index is 2.45. The summed E-state index contributed by atoms with van der Waals surface area (Å²) in [4.78, 5) is 23.5. The SMILES string of the molecule is CCCNC(=O)CN(C)Cc1ccc([N+](=O)[O-])cc1. The topological polar surface area (TPSA) is 75.5 Å². The van der Waals surface area contributed by atoms with Gasteiger partial charge < -0.3 is 5.32 Å². The summed E-state index contributed by atoms with van der Waals surface area (Å²) in [6.45, 7) is 3.58. The van der Waals surface area contributed by atoms with Crippen LogP contribution in [-0.2, 0) is 11.3 Å². The van der Waals surface area contributed by atoms with Crippen molar-refractivity contribution in [3.8, 4) is 0 Å². The molecular weight excluding hydrogens is 246 g/mol. The Morgan fingerprint density at radius 2 is 2.00 bits per heavy atom. The molecule has 6 heteroatoms. The van der Waals surface area contributed by atoms with Crippen LogP contribution in [0.15, 0.2) is 24.3 Å². The molecule has 0 aromatic heterocycles. The van der Waals surface area contributed by atoms with Crippen LogP contribution in [0.2, 0.25) is 0 Å². The Bertz CT molecular complexity index is 431. The standard InChI is InChI=1S/C13H19N3O3/c1-3-8-14-13(17)10-15(2)9-11-4-6-12(7-5-11)16(18)19/h4-7H,3,8-10H2,1-2H3,(H,14,17). The number of benzene rings is 1. The molecule has 0 atom stereocenters. The maximum atomic E-state index is 11.5. The summed E-state index contributed by atoms with van der Waals surface area (Å²) in [5, 5.41) is 13.3. The Labute approximate surface area is 112 Å². The van der Waals surface area contributed by atoms with Crippen molar-refractivity contribution in [2.24, 2.45) is 0 Å². The van der Waals surface area contributed by atoms with E-state index >= 15 is 0 Å². The molecule has 0 radical (unpaired) electrons. The Hall–Kier alpha value is -1.95. The number of hydrogen-bond acceptors (Lipinski definition) is 4. The molecule has 0 heterocycles. The van der Waals surface area contributed by atoms with Gasteiger partial charge in [-0.3, -0.25) is 19.8 Å². The number of carbonyl (C=O) groups is 1. The molecule has 0 aliphatic heterocycles. The first-order valence-electron chi connectivity index (χ1n) is 6.21. The Morgan fingerprint density at radius 1 is 1.37 bits per heavy atom. The molecule has 104 valence electrons. The predicted octanol–water partition coefficient (Wildman–Crippen LogP) is 1.55. The maximum absolute atomic E-state index is 11.5. The van der Waals surface area contributed by atoms with Gasteiger partial charge in [-0.25, -0.2) is 0 Å². The first-order chi connectivity index (χ1) is 9.02. The van der Waals surface area contributed by atoms with Crippen molar-refractivity contribution in [1.29, 1.82) is 0 Å². The lowest BCUT2D eigenvalue weighted by molar-refractivity contribution is -0.384. The number of likely N-dealkylation sites (N-methyl/N-ethyl adjacent to an activating group) is 1. The van der Waals surface area contributed by atoms with Crippen LogP contribution in [0.1, 0.15) is 18.9 Å². The number of non-ortho nitro benzene ring substituents is 1. The van der Waals surface area contributed by atoms with Gasteiger partial charge in [0.25, 0.3) is 5.69 Å². The Morgan fingerprint density at radius 3 is 2.53 bits per heavy atom. The molecule has 0 unspecified atom stereocenters. The second kappa shape index (κ2) is 7.48. The minimum absolute atomic E-state index is 0.00809. The summed E-state index contributed by atoms with van der Waals surface area (Å²) < 4.78 is 0. The third kappa shape index (κ3) is 5.48. The van der Waals surface area contributed by atoms with Crippen molar-refractivity contribution >= 4 is 11.6 Å². The second-order valence-corrected chi connectivity index (χ2v) is 4.45. The number of nitro groups is 1. The lowest BCUT2D eigenvalue weighted by atomic mass is 10.2. The van der Waals surface area contributed by atoms with E-state index in [1.807, 2.05) is 18.9 Å². The van der Waals surface area contributed by atoms with E-state index in [9.17, 15) is 14.9 Å². The summed E-state index contributed by atoms with van der Waals surface area (Å²) in [5.74, 6) is -0.00809. The van der Waals surface area contributed by atoms with Gasteiger partial charge in [0.2, 0.25) is 5.91 Å². The molecule has 0 spiro atoms. The van der Waals surface area contributed by atoms with E-state index in [4.69, 9.17) is 0 Å². The van der Waals surface area contributed by atoms with E-state index in [0.717, 1.165) is 12.0 Å². The normalized spacial score (nSPS) is 10.5. The highest BCUT2D eigenvalue weighted by atomic mass is 16.6. The van der Waals surface area contributed by atoms with Crippen molar-refractivity contribution in [2.45, 2.75) is 19.9 Å². The molecule has 1 aromatic carbocycles. The molecule has 1 N–H and O–H groups in total. The highest BCUT2D eigenvalue weighted by Gasteiger charge is 2.08. The van der Waals surface area contributed by atoms with Gasteiger partial charge in [0.05, 0.1) is 11.5 Å². The zero-order valence-electron chi connectivity index (χ0n) is 11.3. The monoisotopic (exact) mass is 265 g/mol. The van der Waals surface area contributed by atoms with Crippen molar-refractivity contribution in [3.05, 3.63) is 39.9 Å². The van der Waals surface area contributed by atoms with E-state index in [-0.39, 0.29) is 11.6 Å². The molecule has 0 saturated carbocycles. The van der Waals surface area contributed by atoms with Crippen LogP contribution in [-0.4, -0.2) is 35.9 Å². The molecular formula is C13H19N3O3. The minimum atomic E-state index is -0.425. The Kier molecular flexibility index (Phi) is 5.95. The number of hydrogen-bond donors (Lipinski definition) is 1. The third-order valence-electron chi connectivity index (χ3n) is 2.59. The molecule has 0 aliphatic carbocycles. The molecule has 1 amide bonds. The molecule has 1 aromatic rings. The fourth-order valence-electron chi connectivity index (χ4n) is 1.66. The summed E-state index contributed by atoms with van der Waals surface area (Å²) in [5.41, 5.74) is 1.02. The van der Waals surface area contributed by atoms with Crippen LogP contribution in [0, 0.1) is 10.1 Å². The molecule has 0 saturated heterocycles. The van der Waals surface area contributed by atoms with Crippen LogP contribution in [0.4, 0.5) is 5.69 Å². The predicted molar refractivity (Wildman–Crippen MR) is 72.7 cm³/mol. The van der Waals surface area contributed by atoms with Crippen molar-refractivity contribution in [1.82, 2.24) is 10.2 Å². The van der Waals surface area contributed by atoms with Crippen LogP contribution in [0.3, 0.4) is 0 Å². The molecule has 1 rings (SSSR count). The fourth-order valence-corrected chi connectivity index (χ4v) is 1.66. The van der Waals surface area contributed by atoms with Gasteiger partial charge in [-0.1, -0.05) is 19.1 Å². The second-order valence-electron chi connectivity index (χ2n) is 4.45. The average molecular weight is 265 g/mol. The van der Waals surface area contributed by atoms with E-state index in [1.54, 1.807) is 12.1 Å². The highest BCUT2D eigenvalue weighted by molar-refractivity contribution is 5.77. The van der Waals surface area contributed by atoms with Crippen molar-refractivity contribution < 1.29 is 9.72 Å². The smallest absolute Gasteiger partial charge is 0.269 e. The first-order valence-corrected chi connectivity index (χ1v) is 6.21. The number of nitro benzene ring substituents is 1. The van der Waals surface area contributed by atoms with E-state index in [1.165, 1.54) is 12.1 Å². The molecule has 0 fully saturated rings. The van der Waals surface area contributed by atoms with E-state index in [2.05, 4.69) is 5.32 Å². The maximum Gasteiger partial charge on any atom is 0.269 e. The largest absolute Gasteiger partial charge is 0.355 e. The molecule has 19 heavy (non-hydrogen) atoms. The third-order valence-corrected chi connectivity index (χ3v) is 2.59. The number of rotatable bonds is 7. The molecule has 0 bridgehead atoms. The van der Waals surface area contributed by atoms with Gasteiger partial charge in [0.1, 0.15) is 0 Å². The van der Waals surface area contributed by atoms with Crippen LogP contribution in [0.25, 0.3) is 0 Å². The van der Waals surface area contributed by atoms with Gasteiger partial charge >= 0.3 is 0 Å². The van der Waals surface area contributed by atoms with E-state index in [0.29, 0.717) is 19.6 Å². The summed E-state index contributed by atoms with van der Waals surface area (Å²) >= 11 is 0.